The zero-order chi connectivity index (χ0) is 26.8. The second-order valence-corrected chi connectivity index (χ2v) is 12.1. The maximum atomic E-state index is 12.5. The Morgan fingerprint density at radius 1 is 1.03 bits per heavy atom. The Labute approximate surface area is 238 Å². The van der Waals surface area contributed by atoms with E-state index in [1.54, 1.807) is 0 Å². The first-order valence-electron chi connectivity index (χ1n) is 13.7. The summed E-state index contributed by atoms with van der Waals surface area (Å²) in [7, 11) is 0. The van der Waals surface area contributed by atoms with Gasteiger partial charge in [-0.1, -0.05) is 60.1 Å². The number of aliphatic hydroxyl groups is 1. The van der Waals surface area contributed by atoms with Crippen molar-refractivity contribution < 1.29 is 14.6 Å². The topological polar surface area (TPSA) is 63.5 Å². The number of fused-ring (bicyclic) bond motifs is 1. The fourth-order valence-electron chi connectivity index (χ4n) is 5.48. The number of nitrogens with zero attached hydrogens (tertiary/aromatic N) is 1. The monoisotopic (exact) mass is 560 g/mol. The summed E-state index contributed by atoms with van der Waals surface area (Å²) in [6.45, 7) is 0.363. The van der Waals surface area contributed by atoms with Crippen LogP contribution in [0.2, 0.25) is 5.02 Å². The van der Waals surface area contributed by atoms with Gasteiger partial charge < -0.3 is 19.7 Å². The molecule has 3 atom stereocenters. The zero-order valence-corrected chi connectivity index (χ0v) is 23.3. The maximum Gasteiger partial charge on any atom is 0.230 e. The van der Waals surface area contributed by atoms with Crippen molar-refractivity contribution in [2.24, 2.45) is 0 Å². The van der Waals surface area contributed by atoms with Gasteiger partial charge in [0.25, 0.3) is 0 Å². The first-order chi connectivity index (χ1) is 19.0. The van der Waals surface area contributed by atoms with E-state index in [1.807, 2.05) is 42.5 Å². The molecule has 1 saturated carbocycles. The lowest BCUT2D eigenvalue weighted by Gasteiger charge is -2.34. The number of nitrogens with one attached hydrogen (secondary N) is 1. The molecule has 4 aromatic rings. The minimum absolute atomic E-state index is 0.0442. The highest BCUT2D eigenvalue weighted by Crippen LogP contribution is 2.40. The number of carbonyl (C=O) groups is 1. The number of thioether (sulfide) groups is 1. The van der Waals surface area contributed by atoms with E-state index in [0.717, 1.165) is 33.7 Å². The number of rotatable bonds is 9. The Balaban J connectivity index is 1.15. The summed E-state index contributed by atoms with van der Waals surface area (Å²) in [5.74, 6) is 1.04. The minimum atomic E-state index is -0.514. The van der Waals surface area contributed by atoms with Crippen LogP contribution in [0.25, 0.3) is 10.9 Å². The van der Waals surface area contributed by atoms with Gasteiger partial charge in [-0.2, -0.15) is 0 Å². The van der Waals surface area contributed by atoms with Gasteiger partial charge in [-0.3, -0.25) is 4.79 Å². The fourth-order valence-corrected chi connectivity index (χ4v) is 6.53. The normalized spacial score (nSPS) is 21.2. The zero-order valence-electron chi connectivity index (χ0n) is 21.8. The number of halogens is 1. The third-order valence-corrected chi connectivity index (χ3v) is 8.94. The Hall–Kier alpha value is -2.77. The minimum Gasteiger partial charge on any atom is -0.393 e. The molecule has 0 bridgehead atoms. The summed E-state index contributed by atoms with van der Waals surface area (Å²) >= 11 is 8.22. The van der Waals surface area contributed by atoms with Crippen molar-refractivity contribution in [2.45, 2.75) is 61.4 Å². The van der Waals surface area contributed by atoms with Crippen LogP contribution >= 0.6 is 23.4 Å². The van der Waals surface area contributed by atoms with Crippen molar-refractivity contribution in [1.29, 1.82) is 0 Å². The van der Waals surface area contributed by atoms with Crippen LogP contribution in [0.5, 0.6) is 0 Å². The van der Waals surface area contributed by atoms with E-state index in [1.165, 1.54) is 35.7 Å². The van der Waals surface area contributed by atoms with E-state index >= 15 is 0 Å². The molecule has 0 unspecified atom stereocenters. The van der Waals surface area contributed by atoms with E-state index in [9.17, 15) is 9.90 Å². The van der Waals surface area contributed by atoms with Gasteiger partial charge in [0.1, 0.15) is 6.23 Å². The molecule has 1 saturated heterocycles. The summed E-state index contributed by atoms with van der Waals surface area (Å²) in [6.07, 6.45) is 5.33. The lowest BCUT2D eigenvalue weighted by Crippen LogP contribution is -2.41. The molecule has 1 aliphatic heterocycles. The second-order valence-electron chi connectivity index (χ2n) is 10.6. The molecule has 0 radical (unpaired) electrons. The molecular weight excluding hydrogens is 528 g/mol. The summed E-state index contributed by atoms with van der Waals surface area (Å²) in [5.41, 5.74) is 4.81. The highest BCUT2D eigenvalue weighted by Gasteiger charge is 2.31. The van der Waals surface area contributed by atoms with Crippen LogP contribution in [0.1, 0.15) is 54.5 Å². The number of aliphatic hydroxyl groups excluding tert-OH is 1. The van der Waals surface area contributed by atoms with Gasteiger partial charge in [-0.05, 0) is 66.1 Å². The third kappa shape index (κ3) is 6.36. The summed E-state index contributed by atoms with van der Waals surface area (Å²) in [6, 6.07) is 24.8. The SMILES string of the molecule is O=C(CSc1ccccc1)NC[C@@H]1C[C@H](O)C[C@H](n2cc(Cc3ccc(C4CC4)cc3)c3c(Cl)cccc32)O1. The van der Waals surface area contributed by atoms with E-state index in [-0.39, 0.29) is 18.2 Å². The number of aromatic nitrogens is 1. The largest absolute Gasteiger partial charge is 0.393 e. The summed E-state index contributed by atoms with van der Waals surface area (Å²) in [5, 5.41) is 15.5. The van der Waals surface area contributed by atoms with Crippen LogP contribution in [0.3, 0.4) is 0 Å². The average molecular weight is 561 g/mol. The summed E-state index contributed by atoms with van der Waals surface area (Å²) in [4.78, 5) is 13.5. The predicted octanol–water partition coefficient (Wildman–Crippen LogP) is 6.71. The van der Waals surface area contributed by atoms with Crippen molar-refractivity contribution in [1.82, 2.24) is 9.88 Å². The van der Waals surface area contributed by atoms with Crippen molar-refractivity contribution >= 4 is 40.2 Å². The molecule has 5 nitrogen and oxygen atoms in total. The van der Waals surface area contributed by atoms with Gasteiger partial charge in [-0.25, -0.2) is 0 Å². The van der Waals surface area contributed by atoms with Crippen molar-refractivity contribution in [3.63, 3.8) is 0 Å². The first kappa shape index (κ1) is 26.5. The van der Waals surface area contributed by atoms with Gasteiger partial charge in [0, 0.05) is 35.9 Å². The fraction of sp³-hybridized carbons (Fsp3) is 0.344. The van der Waals surface area contributed by atoms with E-state index in [2.05, 4.69) is 46.4 Å². The van der Waals surface area contributed by atoms with E-state index in [4.69, 9.17) is 16.3 Å². The van der Waals surface area contributed by atoms with Gasteiger partial charge in [0.05, 0.1) is 28.5 Å². The van der Waals surface area contributed by atoms with Crippen LogP contribution in [0.4, 0.5) is 0 Å². The standard InChI is InChI=1S/C32H33ClN2O3S/c33-28-7-4-8-29-32(28)24(15-21-9-11-22(12-10-21)23-13-14-23)19-35(29)31-17-25(36)16-26(38-31)18-34-30(37)20-39-27-5-2-1-3-6-27/h1-12,19,23,25-26,31,36H,13-18,20H2,(H,34,37)/t25-,26-,31+/m0/s1. The quantitative estimate of drug-likeness (QED) is 0.223. The molecule has 1 aliphatic carbocycles. The molecule has 7 heteroatoms. The highest BCUT2D eigenvalue weighted by molar-refractivity contribution is 8.00. The summed E-state index contributed by atoms with van der Waals surface area (Å²) < 4.78 is 8.56. The van der Waals surface area contributed by atoms with Crippen LogP contribution in [-0.2, 0) is 16.0 Å². The smallest absolute Gasteiger partial charge is 0.230 e. The van der Waals surface area contributed by atoms with E-state index < -0.39 is 6.10 Å². The lowest BCUT2D eigenvalue weighted by molar-refractivity contribution is -0.132. The molecule has 2 N–H and O–H groups in total. The highest BCUT2D eigenvalue weighted by atomic mass is 35.5. The number of amides is 1. The lowest BCUT2D eigenvalue weighted by atomic mass is 10.0. The van der Waals surface area contributed by atoms with Gasteiger partial charge in [0.2, 0.25) is 5.91 Å². The van der Waals surface area contributed by atoms with Crippen LogP contribution in [0.15, 0.2) is 83.9 Å². The van der Waals surface area contributed by atoms with Gasteiger partial charge in [0.15, 0.2) is 0 Å². The Morgan fingerprint density at radius 3 is 2.59 bits per heavy atom. The molecule has 1 aromatic heterocycles. The number of carbonyl (C=O) groups excluding carboxylic acids is 1. The molecule has 6 rings (SSSR count). The molecule has 202 valence electrons. The van der Waals surface area contributed by atoms with Crippen LogP contribution < -0.4 is 5.32 Å². The second kappa shape index (κ2) is 11.8. The average Bonchev–Trinajstić information content (AvgIpc) is 3.73. The molecular formula is C32H33ClN2O3S. The predicted molar refractivity (Wildman–Crippen MR) is 157 cm³/mol. The number of hydrogen-bond acceptors (Lipinski definition) is 4. The molecule has 3 aromatic carbocycles. The molecule has 39 heavy (non-hydrogen) atoms. The number of benzene rings is 3. The molecule has 2 fully saturated rings. The van der Waals surface area contributed by atoms with Gasteiger partial charge >= 0.3 is 0 Å². The van der Waals surface area contributed by atoms with Crippen LogP contribution in [-0.4, -0.2) is 40.1 Å². The first-order valence-corrected chi connectivity index (χ1v) is 15.0. The molecule has 2 aliphatic rings. The Bertz CT molecular complexity index is 1440. The van der Waals surface area contributed by atoms with Crippen molar-refractivity contribution in [3.05, 3.63) is 101 Å². The Kier molecular flexibility index (Phi) is 7.98. The van der Waals surface area contributed by atoms with Crippen LogP contribution in [0, 0.1) is 0 Å². The number of ether oxygens (including phenoxy) is 1. The third-order valence-electron chi connectivity index (χ3n) is 7.62. The molecule has 1 amide bonds. The number of hydrogen-bond donors (Lipinski definition) is 2. The maximum absolute atomic E-state index is 12.5. The van der Waals surface area contributed by atoms with Crippen molar-refractivity contribution in [2.75, 3.05) is 12.3 Å². The van der Waals surface area contributed by atoms with Gasteiger partial charge in [-0.15, -0.1) is 11.8 Å². The van der Waals surface area contributed by atoms with Crippen molar-refractivity contribution in [3.8, 4) is 0 Å². The Morgan fingerprint density at radius 2 is 1.82 bits per heavy atom. The molecule has 2 heterocycles. The van der Waals surface area contributed by atoms with E-state index in [0.29, 0.717) is 30.2 Å². The molecule has 0 spiro atoms.